The maximum absolute atomic E-state index is 12.3. The molecular formula is C19H23NO2. The van der Waals surface area contributed by atoms with Crippen LogP contribution in [0.3, 0.4) is 0 Å². The molecule has 2 aliphatic rings. The van der Waals surface area contributed by atoms with Crippen molar-refractivity contribution in [3.8, 4) is 0 Å². The maximum atomic E-state index is 12.3. The van der Waals surface area contributed by atoms with Gasteiger partial charge in [0.15, 0.2) is 0 Å². The first kappa shape index (κ1) is 14.9. The highest BCUT2D eigenvalue weighted by atomic mass is 16.6. The van der Waals surface area contributed by atoms with Crippen LogP contribution in [-0.2, 0) is 14.9 Å². The van der Waals surface area contributed by atoms with Crippen LogP contribution in [0.1, 0.15) is 44.7 Å². The molecule has 0 aromatic heterocycles. The van der Waals surface area contributed by atoms with Gasteiger partial charge in [0.1, 0.15) is 11.3 Å². The van der Waals surface area contributed by atoms with Crippen molar-refractivity contribution in [3.63, 3.8) is 0 Å². The normalized spacial score (nSPS) is 18.9. The summed E-state index contributed by atoms with van der Waals surface area (Å²) >= 11 is 0. The number of benzene rings is 1. The highest BCUT2D eigenvalue weighted by molar-refractivity contribution is 5.90. The quantitative estimate of drug-likeness (QED) is 0.613. The number of carbonyl (C=O) groups is 1. The molecule has 1 aliphatic heterocycles. The van der Waals surface area contributed by atoms with Crippen LogP contribution in [0.5, 0.6) is 0 Å². The van der Waals surface area contributed by atoms with E-state index < -0.39 is 5.60 Å². The summed E-state index contributed by atoms with van der Waals surface area (Å²) in [6, 6.07) is 8.34. The Labute approximate surface area is 132 Å². The summed E-state index contributed by atoms with van der Waals surface area (Å²) in [6.45, 7) is 14.5. The van der Waals surface area contributed by atoms with E-state index in [0.29, 0.717) is 5.70 Å². The van der Waals surface area contributed by atoms with Crippen LogP contribution in [0.4, 0.5) is 0 Å². The van der Waals surface area contributed by atoms with E-state index in [-0.39, 0.29) is 11.4 Å². The van der Waals surface area contributed by atoms with Gasteiger partial charge in [-0.05, 0) is 39.2 Å². The maximum Gasteiger partial charge on any atom is 0.354 e. The first-order valence-corrected chi connectivity index (χ1v) is 7.72. The minimum Gasteiger partial charge on any atom is -0.455 e. The molecule has 3 nitrogen and oxygen atoms in total. The van der Waals surface area contributed by atoms with E-state index in [0.717, 1.165) is 30.6 Å². The van der Waals surface area contributed by atoms with E-state index in [2.05, 4.69) is 31.4 Å². The number of fused-ring (bicyclic) bond motifs is 2. The van der Waals surface area contributed by atoms with Gasteiger partial charge in [0.25, 0.3) is 0 Å². The van der Waals surface area contributed by atoms with E-state index in [1.165, 1.54) is 5.56 Å². The lowest BCUT2D eigenvalue weighted by molar-refractivity contribution is -0.151. The predicted molar refractivity (Wildman–Crippen MR) is 88.1 cm³/mol. The largest absolute Gasteiger partial charge is 0.455 e. The molecule has 0 N–H and O–H groups in total. The number of nitrogens with zero attached hydrogens (tertiary/aromatic N) is 1. The van der Waals surface area contributed by atoms with Gasteiger partial charge in [-0.2, -0.15) is 0 Å². The van der Waals surface area contributed by atoms with E-state index in [1.807, 2.05) is 31.7 Å². The van der Waals surface area contributed by atoms with Crippen LogP contribution in [0.15, 0.2) is 43.1 Å². The molecule has 22 heavy (non-hydrogen) atoms. The van der Waals surface area contributed by atoms with Crippen molar-refractivity contribution in [2.45, 2.75) is 44.6 Å². The SMILES string of the molecule is C=C(C(=O)OC(C)(C)C)N1CC2(CC2)c2ccccc2C1=C. The minimum atomic E-state index is -0.522. The molecule has 0 atom stereocenters. The van der Waals surface area contributed by atoms with Gasteiger partial charge < -0.3 is 9.64 Å². The molecule has 1 spiro atoms. The minimum absolute atomic E-state index is 0.155. The fourth-order valence-electron chi connectivity index (χ4n) is 3.11. The summed E-state index contributed by atoms with van der Waals surface area (Å²) in [4.78, 5) is 14.3. The molecule has 1 aliphatic carbocycles. The topological polar surface area (TPSA) is 29.5 Å². The molecule has 1 heterocycles. The average Bonchev–Trinajstić information content (AvgIpc) is 3.21. The lowest BCUT2D eigenvalue weighted by Crippen LogP contribution is -2.39. The van der Waals surface area contributed by atoms with E-state index in [4.69, 9.17) is 4.74 Å². The summed E-state index contributed by atoms with van der Waals surface area (Å²) in [5.41, 5.74) is 3.32. The monoisotopic (exact) mass is 297 g/mol. The molecule has 0 amide bonds. The second-order valence-electron chi connectivity index (χ2n) is 7.31. The van der Waals surface area contributed by atoms with Gasteiger partial charge in [0.05, 0.1) is 0 Å². The lowest BCUT2D eigenvalue weighted by atomic mass is 9.85. The first-order valence-electron chi connectivity index (χ1n) is 7.72. The number of esters is 1. The van der Waals surface area contributed by atoms with Gasteiger partial charge >= 0.3 is 5.97 Å². The van der Waals surface area contributed by atoms with Crippen LogP contribution in [-0.4, -0.2) is 23.0 Å². The Kier molecular flexibility index (Phi) is 3.20. The molecule has 1 saturated carbocycles. The second kappa shape index (κ2) is 4.73. The summed E-state index contributed by atoms with van der Waals surface area (Å²) in [6.07, 6.45) is 2.30. The summed E-state index contributed by atoms with van der Waals surface area (Å²) < 4.78 is 5.46. The molecule has 1 fully saturated rings. The molecule has 1 aromatic carbocycles. The first-order chi connectivity index (χ1) is 10.2. The highest BCUT2D eigenvalue weighted by Gasteiger charge is 2.50. The number of hydrogen-bond donors (Lipinski definition) is 0. The van der Waals surface area contributed by atoms with Gasteiger partial charge in [-0.3, -0.25) is 0 Å². The van der Waals surface area contributed by atoms with Crippen molar-refractivity contribution in [1.29, 1.82) is 0 Å². The van der Waals surface area contributed by atoms with Gasteiger partial charge in [-0.15, -0.1) is 0 Å². The molecule has 0 radical (unpaired) electrons. The second-order valence-corrected chi connectivity index (χ2v) is 7.31. The van der Waals surface area contributed by atoms with E-state index in [1.54, 1.807) is 0 Å². The van der Waals surface area contributed by atoms with Gasteiger partial charge in [0, 0.05) is 23.2 Å². The number of rotatable bonds is 2. The zero-order chi connectivity index (χ0) is 16.1. The van der Waals surface area contributed by atoms with Crippen molar-refractivity contribution >= 4 is 11.7 Å². The average molecular weight is 297 g/mol. The molecule has 1 aromatic rings. The van der Waals surface area contributed by atoms with Crippen molar-refractivity contribution in [2.75, 3.05) is 6.54 Å². The smallest absolute Gasteiger partial charge is 0.354 e. The molecular weight excluding hydrogens is 274 g/mol. The zero-order valence-corrected chi connectivity index (χ0v) is 13.6. The third-order valence-corrected chi connectivity index (χ3v) is 4.41. The Morgan fingerprint density at radius 3 is 2.50 bits per heavy atom. The van der Waals surface area contributed by atoms with Crippen LogP contribution in [0.25, 0.3) is 5.70 Å². The fraction of sp³-hybridized carbons (Fsp3) is 0.421. The highest BCUT2D eigenvalue weighted by Crippen LogP contribution is 2.54. The van der Waals surface area contributed by atoms with Crippen LogP contribution in [0, 0.1) is 0 Å². The fourth-order valence-corrected chi connectivity index (χ4v) is 3.11. The molecule has 3 heteroatoms. The van der Waals surface area contributed by atoms with Gasteiger partial charge in [0.2, 0.25) is 0 Å². The summed E-state index contributed by atoms with van der Waals surface area (Å²) in [7, 11) is 0. The number of ether oxygens (including phenoxy) is 1. The zero-order valence-electron chi connectivity index (χ0n) is 13.6. The van der Waals surface area contributed by atoms with Crippen LogP contribution < -0.4 is 0 Å². The molecule has 0 bridgehead atoms. The van der Waals surface area contributed by atoms with Crippen LogP contribution >= 0.6 is 0 Å². The molecule has 116 valence electrons. The third-order valence-electron chi connectivity index (χ3n) is 4.41. The Hall–Kier alpha value is -2.03. The van der Waals surface area contributed by atoms with Crippen LogP contribution in [0.2, 0.25) is 0 Å². The Morgan fingerprint density at radius 2 is 1.91 bits per heavy atom. The van der Waals surface area contributed by atoms with Crippen molar-refractivity contribution in [2.24, 2.45) is 0 Å². The Morgan fingerprint density at radius 1 is 1.27 bits per heavy atom. The van der Waals surface area contributed by atoms with Gasteiger partial charge in [-0.1, -0.05) is 37.4 Å². The van der Waals surface area contributed by atoms with Crippen molar-refractivity contribution in [1.82, 2.24) is 4.90 Å². The Balaban J connectivity index is 1.89. The molecule has 3 rings (SSSR count). The third kappa shape index (κ3) is 2.45. The van der Waals surface area contributed by atoms with Crippen molar-refractivity contribution < 1.29 is 9.53 Å². The number of carbonyl (C=O) groups excluding carboxylic acids is 1. The molecule has 0 saturated heterocycles. The summed E-state index contributed by atoms with van der Waals surface area (Å²) in [5, 5.41) is 0. The van der Waals surface area contributed by atoms with Gasteiger partial charge in [-0.25, -0.2) is 4.79 Å². The van der Waals surface area contributed by atoms with E-state index >= 15 is 0 Å². The molecule has 0 unspecified atom stereocenters. The predicted octanol–water partition coefficient (Wildman–Crippen LogP) is 3.86. The van der Waals surface area contributed by atoms with E-state index in [9.17, 15) is 4.79 Å². The van der Waals surface area contributed by atoms with Crippen molar-refractivity contribution in [3.05, 3.63) is 54.2 Å². The Bertz CT molecular complexity index is 662. The standard InChI is InChI=1S/C19H23NO2/c1-13-15-8-6-7-9-16(15)19(10-11-19)12-20(13)14(2)17(21)22-18(3,4)5/h6-9H,1-2,10-12H2,3-5H3. The summed E-state index contributed by atoms with van der Waals surface area (Å²) in [5.74, 6) is -0.371. The number of hydrogen-bond acceptors (Lipinski definition) is 3. The lowest BCUT2D eigenvalue weighted by Gasteiger charge is -2.38.